The highest BCUT2D eigenvalue weighted by Crippen LogP contribution is 2.27. The molecule has 0 spiro atoms. The number of rotatable bonds is 10. The quantitative estimate of drug-likeness (QED) is 0.481. The highest BCUT2D eigenvalue weighted by Gasteiger charge is 2.24. The van der Waals surface area contributed by atoms with E-state index in [1.807, 2.05) is 0 Å². The van der Waals surface area contributed by atoms with Crippen molar-refractivity contribution in [2.75, 3.05) is 13.6 Å². The lowest BCUT2D eigenvalue weighted by Crippen LogP contribution is -2.40. The summed E-state index contributed by atoms with van der Waals surface area (Å²) in [5, 5.41) is 2.86. The molecule has 2 amide bonds. The SMILES string of the molecule is CCC(C)CCCNC(=O)N(C)C(CC(C)C=O)c1ccc(F)c(F)c1. The van der Waals surface area contributed by atoms with E-state index < -0.39 is 17.7 Å². The predicted octanol–water partition coefficient (Wildman–Crippen LogP) is 4.70. The van der Waals surface area contributed by atoms with Gasteiger partial charge in [0.25, 0.3) is 0 Å². The lowest BCUT2D eigenvalue weighted by atomic mass is 9.95. The Bertz CT molecular complexity index is 595. The van der Waals surface area contributed by atoms with Gasteiger partial charge in [0, 0.05) is 19.5 Å². The number of aldehydes is 1. The smallest absolute Gasteiger partial charge is 0.317 e. The molecule has 0 radical (unpaired) electrons. The van der Waals surface area contributed by atoms with Gasteiger partial charge in [-0.2, -0.15) is 0 Å². The van der Waals surface area contributed by atoms with Gasteiger partial charge in [0.15, 0.2) is 11.6 Å². The Morgan fingerprint density at radius 3 is 2.54 bits per heavy atom. The van der Waals surface area contributed by atoms with Gasteiger partial charge in [0.1, 0.15) is 6.29 Å². The fraction of sp³-hybridized carbons (Fsp3) is 0.600. The second kappa shape index (κ2) is 10.9. The number of nitrogens with zero attached hydrogens (tertiary/aromatic N) is 1. The van der Waals surface area contributed by atoms with Crippen LogP contribution in [0.1, 0.15) is 58.1 Å². The Kier molecular flexibility index (Phi) is 9.24. The van der Waals surface area contributed by atoms with E-state index in [-0.39, 0.29) is 11.9 Å². The topological polar surface area (TPSA) is 49.4 Å². The van der Waals surface area contributed by atoms with Crippen molar-refractivity contribution in [3.63, 3.8) is 0 Å². The minimum absolute atomic E-state index is 0.290. The van der Waals surface area contributed by atoms with Crippen LogP contribution in [0.2, 0.25) is 0 Å². The molecule has 0 aliphatic heterocycles. The molecule has 0 aliphatic rings. The molecule has 3 atom stereocenters. The first-order valence-corrected chi connectivity index (χ1v) is 9.21. The van der Waals surface area contributed by atoms with Crippen LogP contribution in [0.3, 0.4) is 0 Å². The molecular formula is C20H30F2N2O2. The third-order valence-electron chi connectivity index (χ3n) is 4.79. The molecule has 0 aromatic heterocycles. The number of urea groups is 1. The van der Waals surface area contributed by atoms with E-state index in [9.17, 15) is 18.4 Å². The third kappa shape index (κ3) is 6.73. The Labute approximate surface area is 155 Å². The van der Waals surface area contributed by atoms with E-state index in [0.717, 1.165) is 37.7 Å². The number of benzene rings is 1. The monoisotopic (exact) mass is 368 g/mol. The van der Waals surface area contributed by atoms with Gasteiger partial charge in [-0.3, -0.25) is 0 Å². The number of carbonyl (C=O) groups is 2. The van der Waals surface area contributed by atoms with Crippen LogP contribution in [0.5, 0.6) is 0 Å². The Balaban J connectivity index is 2.80. The van der Waals surface area contributed by atoms with Gasteiger partial charge in [-0.25, -0.2) is 13.6 Å². The minimum Gasteiger partial charge on any atom is -0.338 e. The molecule has 3 unspecified atom stereocenters. The molecule has 0 heterocycles. The van der Waals surface area contributed by atoms with Crippen molar-refractivity contribution < 1.29 is 18.4 Å². The van der Waals surface area contributed by atoms with Crippen LogP contribution < -0.4 is 5.32 Å². The molecule has 26 heavy (non-hydrogen) atoms. The molecule has 1 aromatic rings. The largest absolute Gasteiger partial charge is 0.338 e. The summed E-state index contributed by atoms with van der Waals surface area (Å²) in [7, 11) is 1.60. The van der Waals surface area contributed by atoms with Gasteiger partial charge in [0.05, 0.1) is 6.04 Å². The zero-order valence-corrected chi connectivity index (χ0v) is 16.1. The average molecular weight is 368 g/mol. The summed E-state index contributed by atoms with van der Waals surface area (Å²) in [4.78, 5) is 24.9. The van der Waals surface area contributed by atoms with E-state index in [0.29, 0.717) is 24.4 Å². The van der Waals surface area contributed by atoms with E-state index in [2.05, 4.69) is 19.2 Å². The lowest BCUT2D eigenvalue weighted by molar-refractivity contribution is -0.111. The summed E-state index contributed by atoms with van der Waals surface area (Å²) in [5.41, 5.74) is 0.467. The molecular weight excluding hydrogens is 338 g/mol. The molecule has 0 fully saturated rings. The van der Waals surface area contributed by atoms with Crippen LogP contribution in [0.15, 0.2) is 18.2 Å². The average Bonchev–Trinajstić information content (AvgIpc) is 2.64. The first-order valence-electron chi connectivity index (χ1n) is 9.21. The molecule has 146 valence electrons. The fourth-order valence-corrected chi connectivity index (χ4v) is 2.76. The summed E-state index contributed by atoms with van der Waals surface area (Å²) in [6.45, 7) is 6.60. The van der Waals surface area contributed by atoms with Gasteiger partial charge >= 0.3 is 6.03 Å². The second-order valence-electron chi connectivity index (χ2n) is 7.04. The summed E-state index contributed by atoms with van der Waals surface area (Å²) >= 11 is 0. The van der Waals surface area contributed by atoms with Crippen LogP contribution in [0.4, 0.5) is 13.6 Å². The van der Waals surface area contributed by atoms with Gasteiger partial charge in [0.2, 0.25) is 0 Å². The van der Waals surface area contributed by atoms with Gasteiger partial charge in [-0.05, 0) is 42.9 Å². The normalized spacial score (nSPS) is 14.4. The first kappa shape index (κ1) is 22.1. The van der Waals surface area contributed by atoms with Gasteiger partial charge in [-0.15, -0.1) is 0 Å². The van der Waals surface area contributed by atoms with Crippen molar-refractivity contribution in [2.45, 2.75) is 52.5 Å². The second-order valence-corrected chi connectivity index (χ2v) is 7.04. The number of amides is 2. The standard InChI is InChI=1S/C20H30F2N2O2/c1-5-14(2)7-6-10-23-20(26)24(4)19(11-15(3)13-25)16-8-9-17(21)18(22)12-16/h8-9,12-15,19H,5-7,10-11H2,1-4H3,(H,23,26). The molecule has 1 N–H and O–H groups in total. The molecule has 0 saturated carbocycles. The third-order valence-corrected chi connectivity index (χ3v) is 4.79. The Morgan fingerprint density at radius 1 is 1.27 bits per heavy atom. The van der Waals surface area contributed by atoms with E-state index in [1.54, 1.807) is 14.0 Å². The summed E-state index contributed by atoms with van der Waals surface area (Å²) in [5.74, 6) is -1.59. The Hall–Kier alpha value is -1.98. The Morgan fingerprint density at radius 2 is 1.96 bits per heavy atom. The van der Waals surface area contributed by atoms with Crippen LogP contribution in [-0.4, -0.2) is 30.8 Å². The van der Waals surface area contributed by atoms with Crippen LogP contribution >= 0.6 is 0 Å². The number of hydrogen-bond acceptors (Lipinski definition) is 2. The zero-order chi connectivity index (χ0) is 19.7. The van der Waals surface area contributed by atoms with Crippen molar-refractivity contribution in [3.8, 4) is 0 Å². The molecule has 6 heteroatoms. The number of carbonyl (C=O) groups excluding carboxylic acids is 2. The molecule has 0 bridgehead atoms. The predicted molar refractivity (Wildman–Crippen MR) is 98.8 cm³/mol. The van der Waals surface area contributed by atoms with Gasteiger partial charge < -0.3 is 15.0 Å². The highest BCUT2D eigenvalue weighted by molar-refractivity contribution is 5.74. The maximum absolute atomic E-state index is 13.6. The van der Waals surface area contributed by atoms with E-state index in [4.69, 9.17) is 0 Å². The molecule has 0 saturated heterocycles. The maximum atomic E-state index is 13.6. The number of nitrogens with one attached hydrogen (secondary N) is 1. The maximum Gasteiger partial charge on any atom is 0.317 e. The summed E-state index contributed by atoms with van der Waals surface area (Å²) in [6, 6.07) is 2.78. The summed E-state index contributed by atoms with van der Waals surface area (Å²) in [6.07, 6.45) is 4.16. The van der Waals surface area contributed by atoms with Crippen molar-refractivity contribution in [2.24, 2.45) is 11.8 Å². The van der Waals surface area contributed by atoms with Crippen LogP contribution in [0, 0.1) is 23.5 Å². The number of hydrogen-bond donors (Lipinski definition) is 1. The van der Waals surface area contributed by atoms with Crippen LogP contribution in [-0.2, 0) is 4.79 Å². The van der Waals surface area contributed by atoms with E-state index in [1.165, 1.54) is 11.0 Å². The first-order chi connectivity index (χ1) is 12.3. The fourth-order valence-electron chi connectivity index (χ4n) is 2.76. The van der Waals surface area contributed by atoms with Crippen molar-refractivity contribution in [3.05, 3.63) is 35.4 Å². The molecule has 1 rings (SSSR count). The summed E-state index contributed by atoms with van der Waals surface area (Å²) < 4.78 is 26.8. The van der Waals surface area contributed by atoms with Crippen molar-refractivity contribution in [1.82, 2.24) is 10.2 Å². The minimum atomic E-state index is -0.964. The molecule has 1 aromatic carbocycles. The molecule has 4 nitrogen and oxygen atoms in total. The number of halogens is 2. The van der Waals surface area contributed by atoms with Crippen molar-refractivity contribution >= 4 is 12.3 Å². The highest BCUT2D eigenvalue weighted by atomic mass is 19.2. The van der Waals surface area contributed by atoms with Crippen molar-refractivity contribution in [1.29, 1.82) is 0 Å². The van der Waals surface area contributed by atoms with Gasteiger partial charge in [-0.1, -0.05) is 33.3 Å². The van der Waals surface area contributed by atoms with Crippen LogP contribution in [0.25, 0.3) is 0 Å². The lowest BCUT2D eigenvalue weighted by Gasteiger charge is -2.30. The molecule has 0 aliphatic carbocycles. The van der Waals surface area contributed by atoms with E-state index >= 15 is 0 Å². The zero-order valence-electron chi connectivity index (χ0n) is 16.1.